The summed E-state index contributed by atoms with van der Waals surface area (Å²) in [5, 5.41) is 0. The average molecular weight is 198 g/mol. The van der Waals surface area contributed by atoms with Gasteiger partial charge in [-0.1, -0.05) is 32.6 Å². The summed E-state index contributed by atoms with van der Waals surface area (Å²) in [6.07, 6.45) is 6.95. The third kappa shape index (κ3) is 3.09. The molecule has 1 rings (SSSR count). The molecular formula is C12H22O2. The van der Waals surface area contributed by atoms with Gasteiger partial charge < -0.3 is 4.74 Å². The molecule has 0 aromatic carbocycles. The van der Waals surface area contributed by atoms with Gasteiger partial charge in [0.1, 0.15) is 5.78 Å². The minimum Gasteiger partial charge on any atom is -0.377 e. The van der Waals surface area contributed by atoms with E-state index >= 15 is 0 Å². The van der Waals surface area contributed by atoms with Crippen LogP contribution in [0.3, 0.4) is 0 Å². The third-order valence-corrected chi connectivity index (χ3v) is 3.01. The molecule has 0 N–H and O–H groups in total. The number of carbonyl (C=O) groups is 1. The van der Waals surface area contributed by atoms with E-state index in [0.717, 1.165) is 13.0 Å². The highest BCUT2D eigenvalue weighted by Gasteiger charge is 2.39. The van der Waals surface area contributed by atoms with Crippen LogP contribution in [0.4, 0.5) is 0 Å². The topological polar surface area (TPSA) is 26.3 Å². The number of unbranched alkanes of at least 4 members (excludes halogenated alkanes) is 3. The second kappa shape index (κ2) is 6.18. The largest absolute Gasteiger partial charge is 0.377 e. The molecule has 0 saturated heterocycles. The Balaban J connectivity index is 2.12. The van der Waals surface area contributed by atoms with Crippen LogP contribution in [-0.2, 0) is 9.53 Å². The minimum atomic E-state index is 0.229. The number of Topliss-reactive ketones (excluding diaryl/α,β-unsaturated/α-hetero) is 1. The lowest BCUT2D eigenvalue weighted by Gasteiger charge is -2.34. The molecule has 0 amide bonds. The van der Waals surface area contributed by atoms with Gasteiger partial charge in [-0.15, -0.1) is 0 Å². The molecule has 2 atom stereocenters. The van der Waals surface area contributed by atoms with E-state index in [2.05, 4.69) is 6.92 Å². The molecule has 1 saturated carbocycles. The van der Waals surface area contributed by atoms with Crippen molar-refractivity contribution in [3.05, 3.63) is 0 Å². The van der Waals surface area contributed by atoms with Crippen molar-refractivity contribution < 1.29 is 9.53 Å². The van der Waals surface area contributed by atoms with Gasteiger partial charge in [-0.2, -0.15) is 0 Å². The summed E-state index contributed by atoms with van der Waals surface area (Å²) in [5.41, 5.74) is 0. The second-order valence-electron chi connectivity index (χ2n) is 4.12. The first-order valence-electron chi connectivity index (χ1n) is 5.93. The third-order valence-electron chi connectivity index (χ3n) is 3.01. The molecule has 0 radical (unpaired) electrons. The zero-order valence-electron chi connectivity index (χ0n) is 9.42. The van der Waals surface area contributed by atoms with Crippen molar-refractivity contribution >= 4 is 5.78 Å². The van der Waals surface area contributed by atoms with Crippen LogP contribution < -0.4 is 0 Å². The zero-order chi connectivity index (χ0) is 10.4. The van der Waals surface area contributed by atoms with Gasteiger partial charge in [-0.05, 0) is 13.3 Å². The van der Waals surface area contributed by atoms with Gasteiger partial charge in [0, 0.05) is 18.9 Å². The van der Waals surface area contributed by atoms with Gasteiger partial charge >= 0.3 is 0 Å². The number of carbonyl (C=O) groups excluding carboxylic acids is 1. The Kier molecular flexibility index (Phi) is 5.16. The Bertz CT molecular complexity index is 177. The van der Waals surface area contributed by atoms with Crippen molar-refractivity contribution in [3.63, 3.8) is 0 Å². The molecule has 1 fully saturated rings. The summed E-state index contributed by atoms with van der Waals surface area (Å²) in [4.78, 5) is 11.3. The first kappa shape index (κ1) is 11.7. The predicted octanol–water partition coefficient (Wildman–Crippen LogP) is 2.95. The summed E-state index contributed by atoms with van der Waals surface area (Å²) in [6.45, 7) is 4.94. The monoisotopic (exact) mass is 198 g/mol. The molecular weight excluding hydrogens is 176 g/mol. The van der Waals surface area contributed by atoms with Gasteiger partial charge in [-0.3, -0.25) is 4.79 Å². The molecule has 14 heavy (non-hydrogen) atoms. The highest BCUT2D eigenvalue weighted by Crippen LogP contribution is 2.31. The van der Waals surface area contributed by atoms with Gasteiger partial charge in [-0.25, -0.2) is 0 Å². The number of ketones is 1. The summed E-state index contributed by atoms with van der Waals surface area (Å²) in [6, 6.07) is 0. The Labute approximate surface area is 87.0 Å². The van der Waals surface area contributed by atoms with Crippen LogP contribution in [0.15, 0.2) is 0 Å². The molecule has 1 aliphatic carbocycles. The number of hydrogen-bond acceptors (Lipinski definition) is 2. The minimum absolute atomic E-state index is 0.229. The lowest BCUT2D eigenvalue weighted by atomic mass is 9.77. The highest BCUT2D eigenvalue weighted by molar-refractivity contribution is 5.88. The highest BCUT2D eigenvalue weighted by atomic mass is 16.5. The quantitative estimate of drug-likeness (QED) is 0.588. The second-order valence-corrected chi connectivity index (χ2v) is 4.12. The van der Waals surface area contributed by atoms with E-state index in [0.29, 0.717) is 12.2 Å². The maximum Gasteiger partial charge on any atom is 0.141 e. The van der Waals surface area contributed by atoms with Crippen LogP contribution in [0, 0.1) is 5.92 Å². The van der Waals surface area contributed by atoms with Crippen LogP contribution in [0.2, 0.25) is 0 Å². The van der Waals surface area contributed by atoms with E-state index in [4.69, 9.17) is 4.74 Å². The summed E-state index contributed by atoms with van der Waals surface area (Å²) in [5.74, 6) is 0.645. The maximum atomic E-state index is 11.3. The molecule has 2 nitrogen and oxygen atoms in total. The molecule has 0 aromatic heterocycles. The van der Waals surface area contributed by atoms with E-state index in [1.54, 1.807) is 0 Å². The Morgan fingerprint density at radius 3 is 2.64 bits per heavy atom. The summed E-state index contributed by atoms with van der Waals surface area (Å²) < 4.78 is 5.50. The van der Waals surface area contributed by atoms with Crippen molar-refractivity contribution in [1.82, 2.24) is 0 Å². The Hall–Kier alpha value is -0.370. The van der Waals surface area contributed by atoms with Crippen LogP contribution in [0.1, 0.15) is 52.4 Å². The molecule has 0 heterocycles. The van der Waals surface area contributed by atoms with Crippen molar-refractivity contribution in [2.45, 2.75) is 58.5 Å². The molecule has 2 heteroatoms. The maximum absolute atomic E-state index is 11.3. The van der Waals surface area contributed by atoms with Gasteiger partial charge in [0.15, 0.2) is 0 Å². The Morgan fingerprint density at radius 2 is 2.07 bits per heavy atom. The normalized spacial score (nSPS) is 26.3. The number of rotatable bonds is 7. The van der Waals surface area contributed by atoms with E-state index in [9.17, 15) is 4.79 Å². The van der Waals surface area contributed by atoms with Crippen LogP contribution in [0.5, 0.6) is 0 Å². The van der Waals surface area contributed by atoms with E-state index in [-0.39, 0.29) is 12.0 Å². The first-order valence-corrected chi connectivity index (χ1v) is 5.93. The molecule has 0 unspecified atom stereocenters. The predicted molar refractivity (Wildman–Crippen MR) is 57.3 cm³/mol. The van der Waals surface area contributed by atoms with E-state index in [1.165, 1.54) is 25.7 Å². The number of hydrogen-bond donors (Lipinski definition) is 0. The van der Waals surface area contributed by atoms with Crippen molar-refractivity contribution in [2.75, 3.05) is 6.61 Å². The molecule has 1 aliphatic rings. The van der Waals surface area contributed by atoms with E-state index in [1.807, 2.05) is 6.92 Å². The zero-order valence-corrected chi connectivity index (χ0v) is 9.42. The first-order chi connectivity index (χ1) is 6.79. The average Bonchev–Trinajstić information content (AvgIpc) is 2.17. The standard InChI is InChI=1S/C12H22O2/c1-3-5-6-7-8-10-11(13)9-12(10)14-4-2/h10,12H,3-9H2,1-2H3/t10-,12-/m0/s1. The van der Waals surface area contributed by atoms with Crippen LogP contribution in [0.25, 0.3) is 0 Å². The molecule has 0 bridgehead atoms. The van der Waals surface area contributed by atoms with E-state index < -0.39 is 0 Å². The fourth-order valence-corrected chi connectivity index (χ4v) is 2.07. The van der Waals surface area contributed by atoms with Crippen LogP contribution in [-0.4, -0.2) is 18.5 Å². The SMILES string of the molecule is CCCCCC[C@H]1C(=O)C[C@@H]1OCC. The summed E-state index contributed by atoms with van der Waals surface area (Å²) >= 11 is 0. The smallest absolute Gasteiger partial charge is 0.141 e. The van der Waals surface area contributed by atoms with Gasteiger partial charge in [0.2, 0.25) is 0 Å². The van der Waals surface area contributed by atoms with Gasteiger partial charge in [0.25, 0.3) is 0 Å². The summed E-state index contributed by atoms with van der Waals surface area (Å²) in [7, 11) is 0. The van der Waals surface area contributed by atoms with Gasteiger partial charge in [0.05, 0.1) is 6.10 Å². The lowest BCUT2D eigenvalue weighted by Crippen LogP contribution is -2.43. The van der Waals surface area contributed by atoms with Crippen molar-refractivity contribution in [3.8, 4) is 0 Å². The fourth-order valence-electron chi connectivity index (χ4n) is 2.07. The van der Waals surface area contributed by atoms with Crippen molar-refractivity contribution in [1.29, 1.82) is 0 Å². The number of ether oxygens (including phenoxy) is 1. The van der Waals surface area contributed by atoms with Crippen LogP contribution >= 0.6 is 0 Å². The molecule has 0 aromatic rings. The van der Waals surface area contributed by atoms with Crippen molar-refractivity contribution in [2.24, 2.45) is 5.92 Å². The fraction of sp³-hybridized carbons (Fsp3) is 0.917. The molecule has 0 spiro atoms. The lowest BCUT2D eigenvalue weighted by molar-refractivity contribution is -0.145. The molecule has 0 aliphatic heterocycles. The Morgan fingerprint density at radius 1 is 1.29 bits per heavy atom. The molecule has 82 valence electrons.